The van der Waals surface area contributed by atoms with Crippen LogP contribution in [0.1, 0.15) is 22.5 Å². The fraction of sp³-hybridized carbons (Fsp3) is 0.556. The molecule has 1 aromatic rings. The van der Waals surface area contributed by atoms with Gasteiger partial charge in [-0.3, -0.25) is 4.79 Å². The molecule has 16 heavy (non-hydrogen) atoms. The number of ether oxygens (including phenoxy) is 1. The molecule has 1 amide bonds. The normalized spacial score (nSPS) is 19.8. The number of aromatic nitrogens is 2. The maximum Gasteiger partial charge on any atom is 0.328 e. The van der Waals surface area contributed by atoms with E-state index >= 15 is 0 Å². The SMILES string of the molecule is COC(=O)C1CCCN1C(=O)c1cnns1. The fourth-order valence-corrected chi connectivity index (χ4v) is 2.27. The van der Waals surface area contributed by atoms with Crippen molar-refractivity contribution in [3.63, 3.8) is 0 Å². The van der Waals surface area contributed by atoms with E-state index in [9.17, 15) is 9.59 Å². The summed E-state index contributed by atoms with van der Waals surface area (Å²) in [4.78, 5) is 25.4. The van der Waals surface area contributed by atoms with Crippen LogP contribution in [0.15, 0.2) is 6.20 Å². The number of carbonyl (C=O) groups excluding carboxylic acids is 2. The summed E-state index contributed by atoms with van der Waals surface area (Å²) in [7, 11) is 1.33. The van der Waals surface area contributed by atoms with Crippen LogP contribution in [0, 0.1) is 0 Å². The van der Waals surface area contributed by atoms with Crippen LogP contribution >= 0.6 is 11.5 Å². The second kappa shape index (κ2) is 4.56. The van der Waals surface area contributed by atoms with E-state index in [1.807, 2.05) is 0 Å². The summed E-state index contributed by atoms with van der Waals surface area (Å²) < 4.78 is 8.30. The molecule has 2 rings (SSSR count). The first-order chi connectivity index (χ1) is 7.74. The highest BCUT2D eigenvalue weighted by atomic mass is 32.1. The maximum atomic E-state index is 12.0. The van der Waals surface area contributed by atoms with E-state index in [0.717, 1.165) is 18.0 Å². The van der Waals surface area contributed by atoms with Crippen molar-refractivity contribution in [2.45, 2.75) is 18.9 Å². The van der Waals surface area contributed by atoms with Crippen molar-refractivity contribution in [3.8, 4) is 0 Å². The number of hydrogen-bond acceptors (Lipinski definition) is 6. The first kappa shape index (κ1) is 11.0. The van der Waals surface area contributed by atoms with Crippen molar-refractivity contribution in [3.05, 3.63) is 11.1 Å². The molecule has 7 heteroatoms. The van der Waals surface area contributed by atoms with Gasteiger partial charge in [0, 0.05) is 6.54 Å². The van der Waals surface area contributed by atoms with Gasteiger partial charge in [0.25, 0.3) is 5.91 Å². The summed E-state index contributed by atoms with van der Waals surface area (Å²) in [5.41, 5.74) is 0. The minimum atomic E-state index is -0.459. The molecule has 0 radical (unpaired) electrons. The Labute approximate surface area is 96.4 Å². The Morgan fingerprint density at radius 3 is 3.06 bits per heavy atom. The Bertz CT molecular complexity index is 393. The molecular weight excluding hydrogens is 230 g/mol. The molecule has 0 N–H and O–H groups in total. The lowest BCUT2D eigenvalue weighted by Gasteiger charge is -2.21. The highest BCUT2D eigenvalue weighted by Gasteiger charge is 2.35. The quantitative estimate of drug-likeness (QED) is 0.697. The van der Waals surface area contributed by atoms with Crippen molar-refractivity contribution in [1.29, 1.82) is 0 Å². The van der Waals surface area contributed by atoms with Gasteiger partial charge in [0.15, 0.2) is 0 Å². The highest BCUT2D eigenvalue weighted by Crippen LogP contribution is 2.21. The lowest BCUT2D eigenvalue weighted by Crippen LogP contribution is -2.40. The van der Waals surface area contributed by atoms with Crippen LogP contribution in [0.25, 0.3) is 0 Å². The third-order valence-corrected chi connectivity index (χ3v) is 3.21. The number of rotatable bonds is 2. The van der Waals surface area contributed by atoms with Crippen molar-refractivity contribution in [1.82, 2.24) is 14.5 Å². The summed E-state index contributed by atoms with van der Waals surface area (Å²) in [6, 6.07) is -0.459. The van der Waals surface area contributed by atoms with Gasteiger partial charge in [-0.15, -0.1) is 5.10 Å². The van der Waals surface area contributed by atoms with Gasteiger partial charge >= 0.3 is 5.97 Å². The van der Waals surface area contributed by atoms with E-state index in [2.05, 4.69) is 14.3 Å². The minimum absolute atomic E-state index is 0.192. The van der Waals surface area contributed by atoms with Gasteiger partial charge in [0.2, 0.25) is 0 Å². The van der Waals surface area contributed by atoms with Crippen LogP contribution in [0.4, 0.5) is 0 Å². The van der Waals surface area contributed by atoms with Gasteiger partial charge in [0.05, 0.1) is 13.3 Å². The molecule has 86 valence electrons. The standard InChI is InChI=1S/C9H11N3O3S/c1-15-9(14)6-3-2-4-12(6)8(13)7-5-10-11-16-7/h5-6H,2-4H2,1H3. The van der Waals surface area contributed by atoms with Crippen molar-refractivity contribution in [2.75, 3.05) is 13.7 Å². The Hall–Kier alpha value is -1.50. The number of hydrogen-bond donors (Lipinski definition) is 0. The molecule has 1 saturated heterocycles. The summed E-state index contributed by atoms with van der Waals surface area (Å²) in [6.45, 7) is 0.580. The number of nitrogens with zero attached hydrogens (tertiary/aromatic N) is 3. The lowest BCUT2D eigenvalue weighted by molar-refractivity contribution is -0.145. The third kappa shape index (κ3) is 1.90. The van der Waals surface area contributed by atoms with Gasteiger partial charge in [-0.2, -0.15) is 0 Å². The van der Waals surface area contributed by atoms with Crippen LogP contribution in [0.3, 0.4) is 0 Å². The molecule has 0 spiro atoms. The van der Waals surface area contributed by atoms with Gasteiger partial charge in [-0.05, 0) is 24.4 Å². The predicted octanol–water partition coefficient (Wildman–Crippen LogP) is 0.316. The molecule has 0 aliphatic carbocycles. The van der Waals surface area contributed by atoms with E-state index in [1.54, 1.807) is 0 Å². The molecule has 1 aromatic heterocycles. The summed E-state index contributed by atoms with van der Waals surface area (Å²) in [6.07, 6.45) is 2.89. The summed E-state index contributed by atoms with van der Waals surface area (Å²) >= 11 is 1.03. The average molecular weight is 241 g/mol. The number of carbonyl (C=O) groups is 2. The smallest absolute Gasteiger partial charge is 0.328 e. The predicted molar refractivity (Wildman–Crippen MR) is 56.0 cm³/mol. The monoisotopic (exact) mass is 241 g/mol. The van der Waals surface area contributed by atoms with E-state index in [1.165, 1.54) is 18.2 Å². The number of esters is 1. The van der Waals surface area contributed by atoms with Gasteiger partial charge in [0.1, 0.15) is 10.9 Å². The largest absolute Gasteiger partial charge is 0.467 e. The van der Waals surface area contributed by atoms with Crippen LogP contribution < -0.4 is 0 Å². The summed E-state index contributed by atoms with van der Waals surface area (Å²) in [5, 5.41) is 3.61. The van der Waals surface area contributed by atoms with Crippen LogP contribution in [0.5, 0.6) is 0 Å². The number of likely N-dealkylation sites (tertiary alicyclic amines) is 1. The zero-order valence-corrected chi connectivity index (χ0v) is 9.57. The summed E-state index contributed by atoms with van der Waals surface area (Å²) in [5.74, 6) is -0.550. The first-order valence-corrected chi connectivity index (χ1v) is 5.67. The molecule has 6 nitrogen and oxygen atoms in total. The van der Waals surface area contributed by atoms with E-state index in [4.69, 9.17) is 0 Å². The zero-order chi connectivity index (χ0) is 11.5. The topological polar surface area (TPSA) is 72.4 Å². The molecule has 2 heterocycles. The van der Waals surface area contributed by atoms with Crippen molar-refractivity contribution < 1.29 is 14.3 Å². The molecule has 0 saturated carbocycles. The van der Waals surface area contributed by atoms with Crippen LogP contribution in [0.2, 0.25) is 0 Å². The van der Waals surface area contributed by atoms with Crippen LogP contribution in [-0.4, -0.2) is 46.1 Å². The average Bonchev–Trinajstić information content (AvgIpc) is 2.97. The molecule has 1 atom stereocenters. The molecule has 0 aromatic carbocycles. The van der Waals surface area contributed by atoms with Crippen molar-refractivity contribution in [2.24, 2.45) is 0 Å². The van der Waals surface area contributed by atoms with Gasteiger partial charge in [-0.1, -0.05) is 4.49 Å². The van der Waals surface area contributed by atoms with Crippen molar-refractivity contribution >= 4 is 23.4 Å². The highest BCUT2D eigenvalue weighted by molar-refractivity contribution is 7.07. The number of methoxy groups -OCH3 is 1. The second-order valence-electron chi connectivity index (χ2n) is 3.46. The van der Waals surface area contributed by atoms with E-state index in [0.29, 0.717) is 17.8 Å². The molecule has 1 unspecified atom stereocenters. The molecule has 0 bridgehead atoms. The fourth-order valence-electron chi connectivity index (χ4n) is 1.79. The maximum absolute atomic E-state index is 12.0. The molecular formula is C9H11N3O3S. The van der Waals surface area contributed by atoms with Gasteiger partial charge in [-0.25, -0.2) is 4.79 Å². The first-order valence-electron chi connectivity index (χ1n) is 4.90. The lowest BCUT2D eigenvalue weighted by atomic mass is 10.2. The second-order valence-corrected chi connectivity index (χ2v) is 4.25. The Balaban J connectivity index is 2.14. The van der Waals surface area contributed by atoms with E-state index < -0.39 is 6.04 Å². The molecule has 1 fully saturated rings. The minimum Gasteiger partial charge on any atom is -0.467 e. The third-order valence-electron chi connectivity index (χ3n) is 2.56. The van der Waals surface area contributed by atoms with Gasteiger partial charge < -0.3 is 9.64 Å². The Morgan fingerprint density at radius 1 is 1.62 bits per heavy atom. The van der Waals surface area contributed by atoms with E-state index in [-0.39, 0.29) is 11.9 Å². The number of amides is 1. The Kier molecular flexibility index (Phi) is 3.14. The van der Waals surface area contributed by atoms with Crippen LogP contribution in [-0.2, 0) is 9.53 Å². The molecule has 1 aliphatic rings. The zero-order valence-electron chi connectivity index (χ0n) is 8.75. The molecule has 1 aliphatic heterocycles. The Morgan fingerprint density at radius 2 is 2.44 bits per heavy atom.